The van der Waals surface area contributed by atoms with Crippen molar-refractivity contribution in [1.82, 2.24) is 10.2 Å². The number of ether oxygens (including phenoxy) is 3. The van der Waals surface area contributed by atoms with Crippen LogP contribution in [0.4, 0.5) is 5.69 Å². The Hall–Kier alpha value is -2.86. The van der Waals surface area contributed by atoms with Crippen LogP contribution >= 0.6 is 11.6 Å². The van der Waals surface area contributed by atoms with E-state index in [1.54, 1.807) is 25.1 Å². The van der Waals surface area contributed by atoms with Crippen LogP contribution < -0.4 is 14.8 Å². The SMILES string of the molecule is COCCNC(=O)C[C@H]1CC[C@@H]2[C@H](COc3ccc(NS(=O)(=O)c4ccc(Cl)cc4)cc3C(=O)N2C)O1. The molecule has 200 valence electrons. The van der Waals surface area contributed by atoms with Gasteiger partial charge in [-0.05, 0) is 55.3 Å². The third-order valence-electron chi connectivity index (χ3n) is 6.43. The maximum absolute atomic E-state index is 13.4. The lowest BCUT2D eigenvalue weighted by atomic mass is 9.94. The zero-order valence-electron chi connectivity index (χ0n) is 20.6. The van der Waals surface area contributed by atoms with Gasteiger partial charge in [-0.2, -0.15) is 0 Å². The highest BCUT2D eigenvalue weighted by Crippen LogP contribution is 2.33. The van der Waals surface area contributed by atoms with Crippen LogP contribution in [0.25, 0.3) is 0 Å². The molecule has 2 N–H and O–H groups in total. The first-order chi connectivity index (χ1) is 17.7. The predicted octanol–water partition coefficient (Wildman–Crippen LogP) is 2.67. The highest BCUT2D eigenvalue weighted by molar-refractivity contribution is 7.92. The number of fused-ring (bicyclic) bond motifs is 2. The number of halogens is 1. The number of carbonyl (C=O) groups excluding carboxylic acids is 2. The fourth-order valence-electron chi connectivity index (χ4n) is 4.49. The topological polar surface area (TPSA) is 123 Å². The van der Waals surface area contributed by atoms with Crippen molar-refractivity contribution in [3.63, 3.8) is 0 Å². The van der Waals surface area contributed by atoms with Crippen molar-refractivity contribution in [2.45, 2.75) is 42.4 Å². The second-order valence-corrected chi connectivity index (χ2v) is 11.1. The molecular formula is C25H30ClN3O7S. The molecule has 0 bridgehead atoms. The highest BCUT2D eigenvalue weighted by atomic mass is 35.5. The number of benzene rings is 2. The Kier molecular flexibility index (Phi) is 8.58. The summed E-state index contributed by atoms with van der Waals surface area (Å²) in [5, 5.41) is 3.22. The number of rotatable bonds is 8. The summed E-state index contributed by atoms with van der Waals surface area (Å²) in [4.78, 5) is 27.2. The molecule has 2 heterocycles. The number of methoxy groups -OCH3 is 1. The predicted molar refractivity (Wildman–Crippen MR) is 137 cm³/mol. The summed E-state index contributed by atoms with van der Waals surface area (Å²) < 4.78 is 45.1. The second kappa shape index (κ2) is 11.7. The monoisotopic (exact) mass is 551 g/mol. The van der Waals surface area contributed by atoms with E-state index in [0.717, 1.165) is 0 Å². The van der Waals surface area contributed by atoms with Gasteiger partial charge in [0.2, 0.25) is 5.91 Å². The first-order valence-corrected chi connectivity index (χ1v) is 13.8. The largest absolute Gasteiger partial charge is 0.490 e. The average Bonchev–Trinajstić information content (AvgIpc) is 2.87. The summed E-state index contributed by atoms with van der Waals surface area (Å²) in [7, 11) is -0.614. The third kappa shape index (κ3) is 6.53. The van der Waals surface area contributed by atoms with Crippen LogP contribution in [0.2, 0.25) is 5.02 Å². The molecule has 2 aliphatic rings. The quantitative estimate of drug-likeness (QED) is 0.483. The molecule has 0 unspecified atom stereocenters. The molecule has 2 amide bonds. The molecule has 0 spiro atoms. The van der Waals surface area contributed by atoms with Gasteiger partial charge in [0.1, 0.15) is 18.5 Å². The number of nitrogens with one attached hydrogen (secondary N) is 2. The van der Waals surface area contributed by atoms with Gasteiger partial charge in [0, 0.05) is 31.4 Å². The molecule has 10 nitrogen and oxygen atoms in total. The van der Waals surface area contributed by atoms with Gasteiger partial charge in [0.05, 0.1) is 35.6 Å². The number of nitrogens with zero attached hydrogens (tertiary/aromatic N) is 1. The van der Waals surface area contributed by atoms with Crippen molar-refractivity contribution >= 4 is 39.1 Å². The van der Waals surface area contributed by atoms with Crippen LogP contribution in [0.1, 0.15) is 29.6 Å². The molecule has 4 rings (SSSR count). The Balaban J connectivity index is 1.47. The molecule has 2 aliphatic heterocycles. The molecule has 0 radical (unpaired) electrons. The number of amides is 2. The van der Waals surface area contributed by atoms with Crippen molar-refractivity contribution in [3.05, 3.63) is 53.1 Å². The van der Waals surface area contributed by atoms with E-state index in [2.05, 4.69) is 10.0 Å². The summed E-state index contributed by atoms with van der Waals surface area (Å²) in [6.45, 7) is 1.06. The normalized spacial score (nSPS) is 21.6. The summed E-state index contributed by atoms with van der Waals surface area (Å²) in [5.41, 5.74) is 0.479. The molecule has 0 aromatic heterocycles. The van der Waals surface area contributed by atoms with Crippen LogP contribution in [-0.2, 0) is 24.3 Å². The van der Waals surface area contributed by atoms with Gasteiger partial charge in [0.25, 0.3) is 15.9 Å². The van der Waals surface area contributed by atoms with Crippen molar-refractivity contribution < 1.29 is 32.2 Å². The molecule has 3 atom stereocenters. The standard InChI is InChI=1S/C25H30ClN3O7S/c1-29-21-9-6-18(14-24(30)27-11-12-34-2)36-23(21)15-35-22-10-5-17(13-20(22)25(29)31)28-37(32,33)19-7-3-16(26)4-8-19/h3-5,7-8,10,13,18,21,23,28H,6,9,11-12,14-15H2,1-2H3,(H,27,30)/t18-,21-,23+/m1/s1. The fraction of sp³-hybridized carbons (Fsp3) is 0.440. The molecule has 0 aliphatic carbocycles. The molecular weight excluding hydrogens is 522 g/mol. The summed E-state index contributed by atoms with van der Waals surface area (Å²) in [6.07, 6.45) is 0.794. The van der Waals surface area contributed by atoms with Crippen molar-refractivity contribution in [2.75, 3.05) is 38.6 Å². The van der Waals surface area contributed by atoms with Gasteiger partial charge in [-0.25, -0.2) is 8.42 Å². The van der Waals surface area contributed by atoms with E-state index in [-0.39, 0.29) is 53.1 Å². The van der Waals surface area contributed by atoms with E-state index < -0.39 is 16.1 Å². The van der Waals surface area contributed by atoms with E-state index in [9.17, 15) is 18.0 Å². The van der Waals surface area contributed by atoms with Gasteiger partial charge in [-0.15, -0.1) is 0 Å². The van der Waals surface area contributed by atoms with E-state index in [1.807, 2.05) is 0 Å². The first-order valence-electron chi connectivity index (χ1n) is 11.9. The third-order valence-corrected chi connectivity index (χ3v) is 8.08. The Labute approximate surface area is 221 Å². The summed E-state index contributed by atoms with van der Waals surface area (Å²) in [6, 6.07) is 10.1. The van der Waals surface area contributed by atoms with E-state index in [1.165, 1.54) is 36.4 Å². The molecule has 0 saturated carbocycles. The number of hydrogen-bond donors (Lipinski definition) is 2. The second-order valence-electron chi connectivity index (χ2n) is 8.99. The minimum Gasteiger partial charge on any atom is -0.490 e. The number of sulfonamides is 1. The molecule has 1 saturated heterocycles. The van der Waals surface area contributed by atoms with E-state index >= 15 is 0 Å². The van der Waals surface area contributed by atoms with Gasteiger partial charge in [-0.1, -0.05) is 11.6 Å². The lowest BCUT2D eigenvalue weighted by Crippen LogP contribution is -2.54. The van der Waals surface area contributed by atoms with Gasteiger partial charge >= 0.3 is 0 Å². The van der Waals surface area contributed by atoms with Crippen molar-refractivity contribution in [2.24, 2.45) is 0 Å². The number of anilines is 1. The maximum Gasteiger partial charge on any atom is 0.261 e. The first kappa shape index (κ1) is 27.2. The minimum atomic E-state index is -3.88. The summed E-state index contributed by atoms with van der Waals surface area (Å²) >= 11 is 5.86. The zero-order chi connectivity index (χ0) is 26.6. The fourth-order valence-corrected chi connectivity index (χ4v) is 5.67. The lowest BCUT2D eigenvalue weighted by molar-refractivity contribution is -0.134. The Morgan fingerprint density at radius 1 is 1.19 bits per heavy atom. The highest BCUT2D eigenvalue weighted by Gasteiger charge is 2.39. The van der Waals surface area contributed by atoms with Crippen molar-refractivity contribution in [1.29, 1.82) is 0 Å². The van der Waals surface area contributed by atoms with Gasteiger partial charge in [0.15, 0.2) is 0 Å². The van der Waals surface area contributed by atoms with Gasteiger partial charge in [-0.3, -0.25) is 14.3 Å². The maximum atomic E-state index is 13.4. The minimum absolute atomic E-state index is 0.0486. The summed E-state index contributed by atoms with van der Waals surface area (Å²) in [5.74, 6) is -0.0972. The molecule has 37 heavy (non-hydrogen) atoms. The Bertz CT molecular complexity index is 1240. The van der Waals surface area contributed by atoms with Crippen molar-refractivity contribution in [3.8, 4) is 5.75 Å². The molecule has 2 aromatic rings. The average molecular weight is 552 g/mol. The molecule has 1 fully saturated rings. The number of hydrogen-bond acceptors (Lipinski definition) is 7. The van der Waals surface area contributed by atoms with Crippen LogP contribution in [-0.4, -0.2) is 77.3 Å². The lowest BCUT2D eigenvalue weighted by Gasteiger charge is -2.42. The van der Waals surface area contributed by atoms with E-state index in [0.29, 0.717) is 36.8 Å². The van der Waals surface area contributed by atoms with E-state index in [4.69, 9.17) is 25.8 Å². The smallest absolute Gasteiger partial charge is 0.261 e. The van der Waals surface area contributed by atoms with Crippen LogP contribution in [0.5, 0.6) is 5.75 Å². The van der Waals surface area contributed by atoms with Crippen LogP contribution in [0.3, 0.4) is 0 Å². The molecule has 2 aromatic carbocycles. The van der Waals surface area contributed by atoms with Crippen LogP contribution in [0, 0.1) is 0 Å². The van der Waals surface area contributed by atoms with Gasteiger partial charge < -0.3 is 24.4 Å². The molecule has 12 heteroatoms. The van der Waals surface area contributed by atoms with Crippen LogP contribution in [0.15, 0.2) is 47.4 Å². The number of likely N-dealkylation sites (N-methyl/N-ethyl adjacent to an activating group) is 1. The zero-order valence-corrected chi connectivity index (χ0v) is 22.2. The Morgan fingerprint density at radius 2 is 1.95 bits per heavy atom. The Morgan fingerprint density at radius 3 is 2.68 bits per heavy atom. The number of carbonyl (C=O) groups is 2.